The molecule has 1 fully saturated rings. The third-order valence-corrected chi connectivity index (χ3v) is 11.2. The molecule has 0 amide bonds. The van der Waals surface area contributed by atoms with E-state index in [1.54, 1.807) is 13.8 Å². The van der Waals surface area contributed by atoms with Gasteiger partial charge in [-0.05, 0) is 79.4 Å². The number of aromatic nitrogens is 3. The molecule has 2 unspecified atom stereocenters. The van der Waals surface area contributed by atoms with Gasteiger partial charge in [0.25, 0.3) is 0 Å². The van der Waals surface area contributed by atoms with E-state index >= 15 is 0 Å². The quantitative estimate of drug-likeness (QED) is 0.0567. The molecule has 0 saturated heterocycles. The summed E-state index contributed by atoms with van der Waals surface area (Å²) in [7, 11) is -5.59. The highest BCUT2D eigenvalue weighted by Gasteiger charge is 2.39. The van der Waals surface area contributed by atoms with Crippen molar-refractivity contribution in [3.8, 4) is 11.3 Å². The Bertz CT molecular complexity index is 2310. The maximum absolute atomic E-state index is 14.3. The number of carbonyl (C=O) groups excluding carboxylic acids is 2. The van der Waals surface area contributed by atoms with Crippen LogP contribution in [0.15, 0.2) is 50.4 Å². The first kappa shape index (κ1) is 47.7. The summed E-state index contributed by atoms with van der Waals surface area (Å²) in [6.07, 6.45) is -0.845. The maximum atomic E-state index is 14.3. The molecule has 0 aliphatic heterocycles. The summed E-state index contributed by atoms with van der Waals surface area (Å²) in [5.41, 5.74) is 3.65. The average Bonchev–Trinajstić information content (AvgIpc) is 3.71. The Hall–Kier alpha value is -3.65. The molecule has 2 atom stereocenters. The van der Waals surface area contributed by atoms with Crippen LogP contribution < -0.4 is 5.73 Å². The number of nitrogens with two attached hydrogens (primary N) is 1. The van der Waals surface area contributed by atoms with E-state index in [4.69, 9.17) is 48.2 Å². The van der Waals surface area contributed by atoms with Crippen LogP contribution in [0, 0.1) is 5.82 Å². The number of benzene rings is 2. The first-order valence-electron chi connectivity index (χ1n) is 16.4. The van der Waals surface area contributed by atoms with Crippen molar-refractivity contribution in [1.82, 2.24) is 14.9 Å². The normalized spacial score (nSPS) is 14.4. The molecule has 2 aromatic carbocycles. The minimum atomic E-state index is -4.69. The summed E-state index contributed by atoms with van der Waals surface area (Å²) in [6, 6.07) is 5.03. The molecule has 5 rings (SSSR count). The van der Waals surface area contributed by atoms with Crippen LogP contribution in [0.25, 0.3) is 11.3 Å². The first-order valence-corrected chi connectivity index (χ1v) is 22.1. The van der Waals surface area contributed by atoms with Crippen LogP contribution in [0.1, 0.15) is 76.8 Å². The number of ketones is 1. The minimum absolute atomic E-state index is 0.0412. The Morgan fingerprint density at radius 2 is 1.75 bits per heavy atom. The molecular formula is C34H36BrCl2F4N4O10PS. The number of halogens is 7. The molecule has 0 bridgehead atoms. The number of hydrogen-bond acceptors (Lipinski definition) is 11. The second kappa shape index (κ2) is 18.9. The predicted molar refractivity (Wildman–Crippen MR) is 204 cm³/mol. The monoisotopic (exact) mass is 948 g/mol. The molecule has 0 radical (unpaired) electrons. The molecule has 1 aliphatic rings. The third-order valence-electron chi connectivity index (χ3n) is 7.68. The smallest absolute Gasteiger partial charge is 0.434 e. The molecule has 1 aliphatic carbocycles. The molecule has 4 aromatic rings. The summed E-state index contributed by atoms with van der Waals surface area (Å²) >= 11 is 14.5. The highest BCUT2D eigenvalue weighted by Crippen LogP contribution is 2.43. The molecule has 1 saturated carbocycles. The Kier molecular flexibility index (Phi) is 15.9. The standard InChI is InChI=1S/C15H12BrClF4N2O2.C14H12ClNO4S.C5H12NO4P/c1-6(2)25-14(24)7-4-8(10(18)5-9(7)17)12-11(16)13(15(19,20)21)23(3)22-12;1-21(18,19)12-6-9(15)4-5-10(12)13(17)11-7-16-20-14(11)8-2-3-8;1-11(9,10)3-2-4(6)5(7)8/h4-6H,1-3H3;4-8H,2-3H2,1H3;4H,2-3,6H2,1H3,(H,7,8)(H,9,10). The molecule has 312 valence electrons. The van der Waals surface area contributed by atoms with Crippen molar-refractivity contribution in [2.75, 3.05) is 19.1 Å². The summed E-state index contributed by atoms with van der Waals surface area (Å²) in [5.74, 6) is -2.54. The summed E-state index contributed by atoms with van der Waals surface area (Å²) in [5, 5.41) is 15.7. The number of aryl methyl sites for hydroxylation is 1. The van der Waals surface area contributed by atoms with Gasteiger partial charge in [-0.1, -0.05) is 28.4 Å². The number of aliphatic carboxylic acids is 1. The Morgan fingerprint density at radius 1 is 1.14 bits per heavy atom. The Labute approximate surface area is 342 Å². The fraction of sp³-hybridized carbons (Fsp3) is 0.382. The number of nitrogens with zero attached hydrogens (tertiary/aromatic N) is 3. The van der Waals surface area contributed by atoms with Crippen molar-refractivity contribution in [2.24, 2.45) is 12.8 Å². The van der Waals surface area contributed by atoms with Crippen molar-refractivity contribution in [2.45, 2.75) is 62.2 Å². The van der Waals surface area contributed by atoms with Gasteiger partial charge in [-0.15, -0.1) is 0 Å². The lowest BCUT2D eigenvalue weighted by molar-refractivity contribution is -0.144. The Balaban J connectivity index is 0.000000246. The fourth-order valence-electron chi connectivity index (χ4n) is 4.84. The van der Waals surface area contributed by atoms with Crippen molar-refractivity contribution in [3.63, 3.8) is 0 Å². The van der Waals surface area contributed by atoms with Crippen molar-refractivity contribution >= 4 is 74.1 Å². The van der Waals surface area contributed by atoms with Crippen LogP contribution in [0.5, 0.6) is 0 Å². The second-order valence-electron chi connectivity index (χ2n) is 13.0. The SMILES string of the molecule is CC(C)OC(=O)c1cc(-c2nn(C)c(C(F)(F)F)c2Br)c(F)cc1Cl.CP(=O)(O)CCC(N)C(=O)O.CS(=O)(=O)c1cc(Cl)ccc1C(=O)c1cnoc1C1CC1. The van der Waals surface area contributed by atoms with Gasteiger partial charge in [0, 0.05) is 48.2 Å². The first-order chi connectivity index (χ1) is 26.1. The molecule has 14 nitrogen and oxygen atoms in total. The summed E-state index contributed by atoms with van der Waals surface area (Å²) in [6.45, 7) is 4.41. The minimum Gasteiger partial charge on any atom is -0.480 e. The molecule has 2 heterocycles. The van der Waals surface area contributed by atoms with Gasteiger partial charge in [-0.2, -0.15) is 18.3 Å². The van der Waals surface area contributed by atoms with Crippen molar-refractivity contribution < 1.29 is 64.2 Å². The molecule has 23 heteroatoms. The van der Waals surface area contributed by atoms with Crippen LogP contribution >= 0.6 is 46.5 Å². The molecule has 0 spiro atoms. The van der Waals surface area contributed by atoms with Gasteiger partial charge in [0.1, 0.15) is 17.6 Å². The lowest BCUT2D eigenvalue weighted by Crippen LogP contribution is -2.30. The number of sulfone groups is 1. The number of rotatable bonds is 11. The number of esters is 1. The van der Waals surface area contributed by atoms with Gasteiger partial charge in [-0.25, -0.2) is 17.6 Å². The van der Waals surface area contributed by atoms with E-state index in [0.717, 1.165) is 38.3 Å². The topological polar surface area (TPSA) is 222 Å². The van der Waals surface area contributed by atoms with E-state index in [9.17, 15) is 44.9 Å². The Morgan fingerprint density at radius 3 is 2.25 bits per heavy atom. The van der Waals surface area contributed by atoms with Gasteiger partial charge < -0.3 is 25.0 Å². The van der Waals surface area contributed by atoms with Crippen LogP contribution in [0.3, 0.4) is 0 Å². The van der Waals surface area contributed by atoms with Gasteiger partial charge in [0.15, 0.2) is 34.4 Å². The van der Waals surface area contributed by atoms with Crippen LogP contribution in [-0.2, 0) is 37.2 Å². The highest BCUT2D eigenvalue weighted by molar-refractivity contribution is 9.10. The maximum Gasteiger partial charge on any atom is 0.434 e. The van der Waals surface area contributed by atoms with Gasteiger partial charge in [0.2, 0.25) is 0 Å². The van der Waals surface area contributed by atoms with E-state index in [0.29, 0.717) is 16.0 Å². The zero-order valence-electron chi connectivity index (χ0n) is 30.6. The lowest BCUT2D eigenvalue weighted by atomic mass is 10.0. The van der Waals surface area contributed by atoms with Gasteiger partial charge >= 0.3 is 18.1 Å². The van der Waals surface area contributed by atoms with E-state index in [2.05, 4.69) is 26.2 Å². The van der Waals surface area contributed by atoms with Crippen molar-refractivity contribution in [3.05, 3.63) is 85.0 Å². The second-order valence-corrected chi connectivity index (χ2v) is 19.2. The van der Waals surface area contributed by atoms with Gasteiger partial charge in [-0.3, -0.25) is 18.8 Å². The van der Waals surface area contributed by atoms with E-state index in [1.807, 2.05) is 0 Å². The predicted octanol–water partition coefficient (Wildman–Crippen LogP) is 7.75. The number of alkyl halides is 3. The highest BCUT2D eigenvalue weighted by atomic mass is 79.9. The van der Waals surface area contributed by atoms with E-state index in [1.165, 1.54) is 31.1 Å². The third kappa shape index (κ3) is 13.2. The van der Waals surface area contributed by atoms with Crippen LogP contribution in [-0.4, -0.2) is 82.3 Å². The molecule has 4 N–H and O–H groups in total. The largest absolute Gasteiger partial charge is 0.480 e. The zero-order valence-corrected chi connectivity index (χ0v) is 35.4. The number of carbonyl (C=O) groups is 3. The van der Waals surface area contributed by atoms with Crippen molar-refractivity contribution in [1.29, 1.82) is 0 Å². The molecule has 2 aromatic heterocycles. The van der Waals surface area contributed by atoms with Crippen LogP contribution in [0.4, 0.5) is 17.6 Å². The summed E-state index contributed by atoms with van der Waals surface area (Å²) < 4.78 is 98.1. The molecule has 57 heavy (non-hydrogen) atoms. The van der Waals surface area contributed by atoms with Gasteiger partial charge in [0.05, 0.1) is 37.8 Å². The molecular weight excluding hydrogens is 914 g/mol. The van der Waals surface area contributed by atoms with Crippen LogP contribution in [0.2, 0.25) is 10.0 Å². The average molecular weight is 951 g/mol. The number of hydrogen-bond donors (Lipinski definition) is 3. The van der Waals surface area contributed by atoms with E-state index < -0.39 is 69.2 Å². The summed E-state index contributed by atoms with van der Waals surface area (Å²) in [4.78, 5) is 43.5. The zero-order chi connectivity index (χ0) is 43.4. The lowest BCUT2D eigenvalue weighted by Gasteiger charge is -2.11. The fourth-order valence-corrected chi connectivity index (χ4v) is 7.74. The van der Waals surface area contributed by atoms with E-state index in [-0.39, 0.29) is 55.8 Å². The number of ether oxygens (including phenoxy) is 1. The number of carboxylic acid groups (broad SMARTS) is 1. The number of carboxylic acids is 1.